The van der Waals surface area contributed by atoms with Crippen molar-refractivity contribution in [2.24, 2.45) is 29.1 Å². The molecule has 17 heteroatoms. The Labute approximate surface area is 343 Å². The number of ketones is 1. The lowest BCUT2D eigenvalue weighted by Gasteiger charge is -2.33. The summed E-state index contributed by atoms with van der Waals surface area (Å²) in [5, 5.41) is -0.668. The Balaban J connectivity index is 1.37. The van der Waals surface area contributed by atoms with Crippen LogP contribution in [0, 0.1) is 29.1 Å². The van der Waals surface area contributed by atoms with Crippen molar-refractivity contribution in [1.82, 2.24) is 19.6 Å². The first-order valence-electron chi connectivity index (χ1n) is 20.4. The Morgan fingerprint density at radius 3 is 2.41 bits per heavy atom. The molecule has 59 heavy (non-hydrogen) atoms. The highest BCUT2D eigenvalue weighted by Crippen LogP contribution is 2.57. The van der Waals surface area contributed by atoms with Gasteiger partial charge in [-0.25, -0.2) is 18.4 Å². The van der Waals surface area contributed by atoms with Crippen molar-refractivity contribution < 1.29 is 55.0 Å². The smallest absolute Gasteiger partial charge is 0.427 e. The van der Waals surface area contributed by atoms with Crippen LogP contribution in [0.1, 0.15) is 111 Å². The van der Waals surface area contributed by atoms with E-state index in [1.54, 1.807) is 25.1 Å². The Bertz CT molecular complexity index is 2110. The average molecular weight is 849 g/mol. The Morgan fingerprint density at radius 2 is 1.76 bits per heavy atom. The highest BCUT2D eigenvalue weighted by molar-refractivity contribution is 7.90. The van der Waals surface area contributed by atoms with E-state index in [0.717, 1.165) is 13.8 Å². The number of sulfonamides is 1. The topological polar surface area (TPSA) is 171 Å². The number of rotatable bonds is 10. The van der Waals surface area contributed by atoms with Gasteiger partial charge >= 0.3 is 12.1 Å². The molecule has 1 aromatic carbocycles. The minimum absolute atomic E-state index is 0.0142. The standard InChI is InChI=1S/C42H55F3N4O9S/c1-23(2)36-37(47-32-17-27(56-7)12-15-31(32)46-36)57-28-18-33-34(50)21-41(39(53)48-59(54,55)29-13-14-29)20-26(41)11-9-8-10-24(3)16-25(4)30(38(52)49(33)22-28)19-35(51)58-40(5,6)42(43,44)45/h9,11-12,15,17,23-26,28-30,33H,8,10,13-14,16,18-22H2,1-7H3,(H,48,53)/b11-9-/t24-,25+,26+,28+,30-,33-,41+/m0/s1. The highest BCUT2D eigenvalue weighted by atomic mass is 32.2. The number of nitrogens with zero attached hydrogens (tertiary/aromatic N) is 3. The van der Waals surface area contributed by atoms with Crippen LogP contribution < -0.4 is 14.2 Å². The van der Waals surface area contributed by atoms with E-state index >= 15 is 0 Å². The van der Waals surface area contributed by atoms with Gasteiger partial charge in [0.2, 0.25) is 33.3 Å². The third-order valence-electron chi connectivity index (χ3n) is 12.3. The maximum Gasteiger partial charge on any atom is 0.427 e. The first-order chi connectivity index (χ1) is 27.5. The zero-order valence-corrected chi connectivity index (χ0v) is 35.5. The summed E-state index contributed by atoms with van der Waals surface area (Å²) in [6.45, 7) is 8.90. The maximum absolute atomic E-state index is 14.9. The van der Waals surface area contributed by atoms with E-state index in [1.807, 2.05) is 32.9 Å². The molecule has 1 aromatic heterocycles. The SMILES string of the molecule is COc1ccc2nc(C(C)C)c(O[C@@H]3C[C@H]4C(=O)C[C@]5(C(=O)NS(=O)(=O)C6CC6)C[C@H]5/C=C\CC[C@H](C)C[C@@H](C)[C@H](CC(=O)OC(C)(C)C(F)(F)F)C(=O)N4C3)nc2c1. The summed E-state index contributed by atoms with van der Waals surface area (Å²) in [5.41, 5.74) is -2.59. The van der Waals surface area contributed by atoms with E-state index in [1.165, 1.54) is 12.0 Å². The van der Waals surface area contributed by atoms with Crippen LogP contribution in [-0.2, 0) is 33.9 Å². The Kier molecular flexibility index (Phi) is 12.5. The van der Waals surface area contributed by atoms with E-state index < -0.39 is 92.4 Å². The molecule has 3 fully saturated rings. The Morgan fingerprint density at radius 1 is 1.05 bits per heavy atom. The fourth-order valence-corrected chi connectivity index (χ4v) is 9.71. The van der Waals surface area contributed by atoms with Gasteiger partial charge in [-0.15, -0.1) is 0 Å². The van der Waals surface area contributed by atoms with Crippen molar-refractivity contribution in [3.05, 3.63) is 36.0 Å². The van der Waals surface area contributed by atoms with Crippen LogP contribution in [0.5, 0.6) is 11.6 Å². The lowest BCUT2D eigenvalue weighted by Crippen LogP contribution is -2.48. The minimum Gasteiger partial charge on any atom is -0.497 e. The third kappa shape index (κ3) is 9.70. The molecule has 6 rings (SSSR count). The quantitative estimate of drug-likeness (QED) is 0.202. The molecule has 3 heterocycles. The van der Waals surface area contributed by atoms with Gasteiger partial charge in [-0.3, -0.25) is 23.9 Å². The van der Waals surface area contributed by atoms with Crippen molar-refractivity contribution in [2.75, 3.05) is 13.7 Å². The van der Waals surface area contributed by atoms with Gasteiger partial charge in [-0.05, 0) is 82.3 Å². The number of carbonyl (C=O) groups excluding carboxylic acids is 4. The number of ether oxygens (including phenoxy) is 3. The van der Waals surface area contributed by atoms with Crippen LogP contribution in [0.2, 0.25) is 0 Å². The molecule has 2 aliphatic heterocycles. The van der Waals surface area contributed by atoms with Crippen LogP contribution in [0.25, 0.3) is 11.0 Å². The van der Waals surface area contributed by atoms with Gasteiger partial charge < -0.3 is 19.1 Å². The molecule has 1 saturated heterocycles. The number of methoxy groups -OCH3 is 1. The normalized spacial score (nSPS) is 28.9. The summed E-state index contributed by atoms with van der Waals surface area (Å²) in [6, 6.07) is 4.05. The molecule has 13 nitrogen and oxygen atoms in total. The third-order valence-corrected chi connectivity index (χ3v) is 14.1. The minimum atomic E-state index is -4.87. The molecule has 0 spiro atoms. The molecule has 1 N–H and O–H groups in total. The molecule has 0 bridgehead atoms. The zero-order chi connectivity index (χ0) is 43.2. The Hall–Kier alpha value is -4.28. The fourth-order valence-electron chi connectivity index (χ4n) is 8.33. The number of hydrogen-bond donors (Lipinski definition) is 1. The first-order valence-corrected chi connectivity index (χ1v) is 22.0. The maximum atomic E-state index is 14.9. The number of Topliss-reactive ketones (excluding diaryl/α,β-unsaturated/α-hetero) is 1. The predicted octanol–water partition coefficient (Wildman–Crippen LogP) is 6.59. The molecule has 2 amide bonds. The van der Waals surface area contributed by atoms with E-state index in [0.29, 0.717) is 54.6 Å². The molecule has 0 radical (unpaired) electrons. The number of allylic oxidation sites excluding steroid dienone is 2. The van der Waals surface area contributed by atoms with E-state index in [4.69, 9.17) is 24.2 Å². The first kappa shape index (κ1) is 44.3. The highest BCUT2D eigenvalue weighted by Gasteiger charge is 2.62. The lowest BCUT2D eigenvalue weighted by molar-refractivity contribution is -0.257. The largest absolute Gasteiger partial charge is 0.497 e. The monoisotopic (exact) mass is 848 g/mol. The van der Waals surface area contributed by atoms with Gasteiger partial charge in [-0.2, -0.15) is 13.2 Å². The molecule has 7 atom stereocenters. The number of halogens is 3. The number of hydrogen-bond acceptors (Lipinski definition) is 11. The van der Waals surface area contributed by atoms with Crippen molar-refractivity contribution in [1.29, 1.82) is 0 Å². The van der Waals surface area contributed by atoms with E-state index in [9.17, 15) is 40.8 Å². The van der Waals surface area contributed by atoms with E-state index in [2.05, 4.69) is 4.72 Å². The second-order valence-corrected chi connectivity index (χ2v) is 19.8. The summed E-state index contributed by atoms with van der Waals surface area (Å²) in [5.74, 6) is -4.64. The fraction of sp³-hybridized carbons (Fsp3) is 0.667. The summed E-state index contributed by atoms with van der Waals surface area (Å²) in [4.78, 5) is 67.6. The van der Waals surface area contributed by atoms with Crippen LogP contribution in [0.4, 0.5) is 13.2 Å². The number of benzene rings is 1. The van der Waals surface area contributed by atoms with Crippen molar-refractivity contribution in [3.8, 4) is 11.6 Å². The summed E-state index contributed by atoms with van der Waals surface area (Å²) >= 11 is 0. The molecule has 2 saturated carbocycles. The average Bonchev–Trinajstić information content (AvgIpc) is 4.07. The molecule has 2 aromatic rings. The molecule has 4 aliphatic rings. The van der Waals surface area contributed by atoms with Gasteiger partial charge in [0.15, 0.2) is 5.78 Å². The van der Waals surface area contributed by atoms with Gasteiger partial charge in [0.25, 0.3) is 0 Å². The van der Waals surface area contributed by atoms with Gasteiger partial charge in [0, 0.05) is 24.8 Å². The number of carbonyl (C=O) groups is 4. The number of fused-ring (bicyclic) bond motifs is 3. The second kappa shape index (κ2) is 16.6. The lowest BCUT2D eigenvalue weighted by atomic mass is 9.82. The molecular formula is C42H55F3N4O9S. The molecular weight excluding hydrogens is 794 g/mol. The predicted molar refractivity (Wildman–Crippen MR) is 211 cm³/mol. The van der Waals surface area contributed by atoms with Gasteiger partial charge in [0.05, 0.1) is 53.7 Å². The van der Waals surface area contributed by atoms with Crippen LogP contribution in [-0.4, -0.2) is 89.7 Å². The molecule has 324 valence electrons. The van der Waals surface area contributed by atoms with Crippen LogP contribution in [0.15, 0.2) is 30.4 Å². The van der Waals surface area contributed by atoms with Crippen molar-refractivity contribution in [2.45, 2.75) is 134 Å². The van der Waals surface area contributed by atoms with Crippen LogP contribution in [0.3, 0.4) is 0 Å². The molecule has 2 aliphatic carbocycles. The molecule has 0 unspecified atom stereocenters. The number of nitrogens with one attached hydrogen (secondary N) is 1. The van der Waals surface area contributed by atoms with Crippen LogP contribution >= 0.6 is 0 Å². The second-order valence-electron chi connectivity index (χ2n) is 17.8. The van der Waals surface area contributed by atoms with E-state index in [-0.39, 0.29) is 43.5 Å². The number of aromatic nitrogens is 2. The summed E-state index contributed by atoms with van der Waals surface area (Å²) in [6.07, 6.45) is -0.221. The number of amides is 2. The summed E-state index contributed by atoms with van der Waals surface area (Å²) < 4.78 is 86.3. The van der Waals surface area contributed by atoms with Crippen molar-refractivity contribution in [3.63, 3.8) is 0 Å². The van der Waals surface area contributed by atoms with Crippen molar-refractivity contribution >= 4 is 44.6 Å². The number of alkyl halides is 3. The summed E-state index contributed by atoms with van der Waals surface area (Å²) in [7, 11) is -2.42. The van der Waals surface area contributed by atoms with Gasteiger partial charge in [-0.1, -0.05) is 39.8 Å². The number of esters is 1. The zero-order valence-electron chi connectivity index (χ0n) is 34.6. The van der Waals surface area contributed by atoms with Gasteiger partial charge in [0.1, 0.15) is 17.5 Å².